The van der Waals surface area contributed by atoms with E-state index in [0.29, 0.717) is 35.3 Å². The average Bonchev–Trinajstić information content (AvgIpc) is 3.26. The van der Waals surface area contributed by atoms with Crippen molar-refractivity contribution in [3.63, 3.8) is 0 Å². The molecule has 3 aromatic carbocycles. The number of carbonyl (C=O) groups excluding carboxylic acids is 2. The lowest BCUT2D eigenvalue weighted by molar-refractivity contribution is 0.0534. The number of piperidine rings is 1. The molecule has 1 amide bonds. The van der Waals surface area contributed by atoms with Gasteiger partial charge in [0.15, 0.2) is 5.82 Å². The minimum atomic E-state index is -0.252. The summed E-state index contributed by atoms with van der Waals surface area (Å²) < 4.78 is 15.6. The van der Waals surface area contributed by atoms with Crippen molar-refractivity contribution in [1.82, 2.24) is 19.0 Å². The third-order valence-corrected chi connectivity index (χ3v) is 10.6. The minimum Gasteiger partial charge on any atom is -0.494 e. The highest BCUT2D eigenvalue weighted by atomic mass is 16.5. The van der Waals surface area contributed by atoms with E-state index in [1.807, 2.05) is 36.2 Å². The van der Waals surface area contributed by atoms with Crippen LogP contribution in [-0.4, -0.2) is 56.6 Å². The lowest BCUT2D eigenvalue weighted by Crippen LogP contribution is -2.41. The molecule has 2 aliphatic carbocycles. The predicted octanol–water partition coefficient (Wildman–Crippen LogP) is 5.51. The van der Waals surface area contributed by atoms with E-state index in [-0.39, 0.29) is 24.0 Å². The summed E-state index contributed by atoms with van der Waals surface area (Å²) in [6, 6.07) is 18.6. The van der Waals surface area contributed by atoms with E-state index in [4.69, 9.17) is 20.2 Å². The number of fused-ring (bicyclic) bond motifs is 5. The topological polar surface area (TPSA) is 105 Å². The number of methoxy groups -OCH3 is 1. The fraction of sp³-hybridized carbons (Fsp3) is 0.361. The van der Waals surface area contributed by atoms with E-state index in [1.54, 1.807) is 7.11 Å². The van der Waals surface area contributed by atoms with Crippen molar-refractivity contribution in [3.05, 3.63) is 71.3 Å². The normalized spacial score (nSPS) is 22.1. The molecule has 9 rings (SSSR count). The van der Waals surface area contributed by atoms with Crippen LogP contribution in [0.5, 0.6) is 5.75 Å². The molecule has 0 radical (unpaired) electrons. The van der Waals surface area contributed by atoms with Crippen molar-refractivity contribution >= 4 is 33.8 Å². The molecule has 1 saturated heterocycles. The van der Waals surface area contributed by atoms with Crippen LogP contribution in [0.15, 0.2) is 54.6 Å². The van der Waals surface area contributed by atoms with Gasteiger partial charge in [0.25, 0.3) is 5.91 Å². The molecule has 2 saturated carbocycles. The van der Waals surface area contributed by atoms with Crippen LogP contribution in [0.1, 0.15) is 52.0 Å². The molecule has 4 heterocycles. The molecule has 9 heteroatoms. The van der Waals surface area contributed by atoms with Crippen LogP contribution < -0.4 is 10.5 Å². The lowest BCUT2D eigenvalue weighted by atomic mass is 9.99. The van der Waals surface area contributed by atoms with Crippen LogP contribution in [0.4, 0.5) is 0 Å². The Kier molecular flexibility index (Phi) is 5.75. The number of likely N-dealkylation sites (tertiary alicyclic amines) is 1. The van der Waals surface area contributed by atoms with Gasteiger partial charge in [-0.25, -0.2) is 9.78 Å². The van der Waals surface area contributed by atoms with E-state index in [1.165, 1.54) is 12.8 Å². The molecule has 0 unspecified atom stereocenters. The second kappa shape index (κ2) is 9.68. The second-order valence-electron chi connectivity index (χ2n) is 13.3. The summed E-state index contributed by atoms with van der Waals surface area (Å²) in [5.74, 6) is 2.25. The number of esters is 1. The van der Waals surface area contributed by atoms with Crippen molar-refractivity contribution in [2.24, 2.45) is 24.6 Å². The Labute approximate surface area is 260 Å². The summed E-state index contributed by atoms with van der Waals surface area (Å²) >= 11 is 0. The molecule has 3 fully saturated rings. The van der Waals surface area contributed by atoms with Crippen LogP contribution in [0.25, 0.3) is 44.6 Å². The van der Waals surface area contributed by atoms with Crippen molar-refractivity contribution in [2.45, 2.75) is 50.9 Å². The first-order valence-electron chi connectivity index (χ1n) is 15.9. The van der Waals surface area contributed by atoms with Crippen molar-refractivity contribution in [1.29, 1.82) is 0 Å². The number of hydrogen-bond donors (Lipinski definition) is 1. The van der Waals surface area contributed by atoms with Gasteiger partial charge in [0.1, 0.15) is 17.9 Å². The zero-order valence-corrected chi connectivity index (χ0v) is 25.5. The zero-order valence-electron chi connectivity index (χ0n) is 25.5. The highest BCUT2D eigenvalue weighted by Gasteiger charge is 2.47. The van der Waals surface area contributed by atoms with E-state index < -0.39 is 0 Å². The fourth-order valence-corrected chi connectivity index (χ4v) is 7.95. The summed E-state index contributed by atoms with van der Waals surface area (Å²) in [7, 11) is 3.67. The van der Waals surface area contributed by atoms with Crippen molar-refractivity contribution in [2.75, 3.05) is 13.7 Å². The van der Waals surface area contributed by atoms with E-state index in [2.05, 4.69) is 39.5 Å². The number of rotatable bonds is 6. The van der Waals surface area contributed by atoms with Gasteiger partial charge in [-0.3, -0.25) is 4.79 Å². The maximum atomic E-state index is 13.7. The molecule has 228 valence electrons. The standard InChI is InChI=1S/C36H35N5O4/c1-39-33-27(12-24(15-31(33)44-2)35(42)41-17-23-8-10-28(41)32(23)37)38-34(39)30-14-22-6-5-21(13-29(22)40(30)16-19-3-4-19)20-7-9-26-25(11-20)18-45-36(26)43/h5-7,9,11-15,19,23,28,32H,3-4,8,10,16-18,37H2,1-2H3/t23-,28-,32-/m1/s1. The Morgan fingerprint density at radius 1 is 1.04 bits per heavy atom. The molecule has 9 nitrogen and oxygen atoms in total. The molecule has 0 spiro atoms. The van der Waals surface area contributed by atoms with Crippen LogP contribution in [0.2, 0.25) is 0 Å². The van der Waals surface area contributed by atoms with E-state index in [9.17, 15) is 9.59 Å². The summed E-state index contributed by atoms with van der Waals surface area (Å²) in [6.07, 6.45) is 4.52. The van der Waals surface area contributed by atoms with Gasteiger partial charge >= 0.3 is 5.97 Å². The van der Waals surface area contributed by atoms with Gasteiger partial charge in [0, 0.05) is 54.3 Å². The second-order valence-corrected chi connectivity index (χ2v) is 13.3. The number of benzene rings is 3. The molecule has 5 aromatic rings. The molecule has 2 aromatic heterocycles. The Morgan fingerprint density at radius 2 is 1.87 bits per heavy atom. The molecule has 2 bridgehead atoms. The Balaban J connectivity index is 1.15. The number of cyclic esters (lactones) is 1. The number of imidazole rings is 1. The maximum absolute atomic E-state index is 13.7. The zero-order chi connectivity index (χ0) is 30.6. The third-order valence-electron chi connectivity index (χ3n) is 10.6. The van der Waals surface area contributed by atoms with Crippen molar-refractivity contribution in [3.8, 4) is 28.4 Å². The van der Waals surface area contributed by atoms with Crippen LogP contribution in [0.3, 0.4) is 0 Å². The number of nitrogens with zero attached hydrogens (tertiary/aromatic N) is 4. The van der Waals surface area contributed by atoms with Gasteiger partial charge in [0.05, 0.1) is 23.9 Å². The highest BCUT2D eigenvalue weighted by molar-refractivity contribution is 6.01. The number of aromatic nitrogens is 3. The van der Waals surface area contributed by atoms with Gasteiger partial charge < -0.3 is 29.2 Å². The number of carbonyl (C=O) groups is 2. The van der Waals surface area contributed by atoms with E-state index >= 15 is 0 Å². The predicted molar refractivity (Wildman–Crippen MR) is 171 cm³/mol. The monoisotopic (exact) mass is 601 g/mol. The smallest absolute Gasteiger partial charge is 0.338 e. The minimum absolute atomic E-state index is 0.00270. The maximum Gasteiger partial charge on any atom is 0.338 e. The van der Waals surface area contributed by atoms with Crippen molar-refractivity contribution < 1.29 is 19.1 Å². The number of hydrogen-bond acceptors (Lipinski definition) is 6. The molecular weight excluding hydrogens is 566 g/mol. The number of amides is 1. The van der Waals surface area contributed by atoms with Gasteiger partial charge in [-0.15, -0.1) is 0 Å². The van der Waals surface area contributed by atoms with Gasteiger partial charge in [-0.05, 0) is 85.0 Å². The SMILES string of the molecule is COc1cc(C(=O)N2C[C@H]3CC[C@@H]2[C@@H]3N)cc2nc(-c3cc4ccc(-c5ccc6c(c5)COC6=O)cc4n3CC3CC3)n(C)c12. The van der Waals surface area contributed by atoms with Crippen LogP contribution in [0, 0.1) is 11.8 Å². The van der Waals surface area contributed by atoms with E-state index in [0.717, 1.165) is 76.1 Å². The largest absolute Gasteiger partial charge is 0.494 e. The Morgan fingerprint density at radius 3 is 2.62 bits per heavy atom. The first kappa shape index (κ1) is 26.7. The number of ether oxygens (including phenoxy) is 2. The van der Waals surface area contributed by atoms with Gasteiger partial charge in [-0.1, -0.05) is 18.2 Å². The third kappa shape index (κ3) is 4.06. The molecule has 4 aliphatic rings. The molecule has 3 atom stereocenters. The first-order chi connectivity index (χ1) is 21.9. The Bertz CT molecular complexity index is 2070. The average molecular weight is 602 g/mol. The lowest BCUT2D eigenvalue weighted by Gasteiger charge is -2.27. The fourth-order valence-electron chi connectivity index (χ4n) is 7.95. The Hall–Kier alpha value is -4.63. The summed E-state index contributed by atoms with van der Waals surface area (Å²) in [5, 5.41) is 1.14. The number of aryl methyl sites for hydroxylation is 1. The molecule has 45 heavy (non-hydrogen) atoms. The number of nitrogens with two attached hydrogens (primary N) is 1. The van der Waals surface area contributed by atoms with Crippen LogP contribution in [-0.2, 0) is 24.9 Å². The van der Waals surface area contributed by atoms with Gasteiger partial charge in [0.2, 0.25) is 0 Å². The molecule has 2 aliphatic heterocycles. The molecular formula is C36H35N5O4. The molecule has 2 N–H and O–H groups in total. The first-order valence-corrected chi connectivity index (χ1v) is 15.9. The quantitative estimate of drug-likeness (QED) is 0.257. The highest BCUT2D eigenvalue weighted by Crippen LogP contribution is 2.41. The van der Waals surface area contributed by atoms with Gasteiger partial charge in [-0.2, -0.15) is 0 Å². The summed E-state index contributed by atoms with van der Waals surface area (Å²) in [5.41, 5.74) is 14.5. The summed E-state index contributed by atoms with van der Waals surface area (Å²) in [4.78, 5) is 32.8. The summed E-state index contributed by atoms with van der Waals surface area (Å²) in [6.45, 7) is 1.96. The van der Waals surface area contributed by atoms with Crippen LogP contribution >= 0.6 is 0 Å².